The highest BCUT2D eigenvalue weighted by molar-refractivity contribution is 5.95. The Bertz CT molecular complexity index is 1420. The minimum atomic E-state index is -0.539. The molecule has 184 valence electrons. The zero-order chi connectivity index (χ0) is 25.1. The van der Waals surface area contributed by atoms with E-state index < -0.39 is 5.82 Å². The molecule has 0 saturated heterocycles. The number of carbonyl (C=O) groups is 1. The number of pyridine rings is 1. The van der Waals surface area contributed by atoms with Gasteiger partial charge < -0.3 is 19.1 Å². The SMILES string of the molecule is COCCCN(Cc1cc2cc3c(cc2nc1-c1ccccc1C)OCO3)C(=O)c1ccccc1F. The van der Waals surface area contributed by atoms with Gasteiger partial charge in [0.2, 0.25) is 6.79 Å². The number of fused-ring (bicyclic) bond motifs is 2. The van der Waals surface area contributed by atoms with Crippen LogP contribution in [-0.2, 0) is 11.3 Å². The molecule has 1 aliphatic heterocycles. The number of nitrogens with zero attached hydrogens (tertiary/aromatic N) is 2. The highest BCUT2D eigenvalue weighted by atomic mass is 19.1. The second-order valence-electron chi connectivity index (χ2n) is 8.76. The molecule has 6 nitrogen and oxygen atoms in total. The Balaban J connectivity index is 1.61. The second kappa shape index (κ2) is 10.3. The third-order valence-electron chi connectivity index (χ3n) is 6.32. The number of ether oxygens (including phenoxy) is 3. The van der Waals surface area contributed by atoms with E-state index in [0.29, 0.717) is 31.1 Å². The Morgan fingerprint density at radius 3 is 2.58 bits per heavy atom. The average molecular weight is 487 g/mol. The van der Waals surface area contributed by atoms with Crippen molar-refractivity contribution in [3.63, 3.8) is 0 Å². The van der Waals surface area contributed by atoms with Crippen LogP contribution in [0.25, 0.3) is 22.2 Å². The fourth-order valence-electron chi connectivity index (χ4n) is 4.46. The van der Waals surface area contributed by atoms with Crippen LogP contribution in [0.4, 0.5) is 4.39 Å². The fraction of sp³-hybridized carbons (Fsp3) is 0.241. The number of carbonyl (C=O) groups excluding carboxylic acids is 1. The van der Waals surface area contributed by atoms with Gasteiger partial charge in [0, 0.05) is 43.8 Å². The van der Waals surface area contributed by atoms with Crippen LogP contribution in [0, 0.1) is 12.7 Å². The first-order chi connectivity index (χ1) is 17.5. The zero-order valence-electron chi connectivity index (χ0n) is 20.3. The number of hydrogen-bond donors (Lipinski definition) is 0. The predicted octanol–water partition coefficient (Wildman–Crippen LogP) is 5.76. The maximum atomic E-state index is 14.5. The Morgan fingerprint density at radius 1 is 1.06 bits per heavy atom. The summed E-state index contributed by atoms with van der Waals surface area (Å²) in [5.74, 6) is 0.418. The summed E-state index contributed by atoms with van der Waals surface area (Å²) in [6.07, 6.45) is 0.621. The first-order valence-electron chi connectivity index (χ1n) is 11.9. The van der Waals surface area contributed by atoms with Crippen molar-refractivity contribution in [2.75, 3.05) is 27.1 Å². The molecular weight excluding hydrogens is 459 g/mol. The van der Waals surface area contributed by atoms with Crippen molar-refractivity contribution in [3.05, 3.63) is 89.2 Å². The summed E-state index contributed by atoms with van der Waals surface area (Å²) in [6.45, 7) is 3.37. The summed E-state index contributed by atoms with van der Waals surface area (Å²) in [5.41, 5.74) is 4.49. The van der Waals surface area contributed by atoms with Gasteiger partial charge in [-0.15, -0.1) is 0 Å². The lowest BCUT2D eigenvalue weighted by Crippen LogP contribution is -2.33. The van der Waals surface area contributed by atoms with E-state index in [4.69, 9.17) is 19.2 Å². The van der Waals surface area contributed by atoms with Crippen molar-refractivity contribution >= 4 is 16.8 Å². The molecule has 0 N–H and O–H groups in total. The van der Waals surface area contributed by atoms with E-state index in [9.17, 15) is 9.18 Å². The van der Waals surface area contributed by atoms with Crippen LogP contribution in [0.15, 0.2) is 66.7 Å². The lowest BCUT2D eigenvalue weighted by Gasteiger charge is -2.25. The summed E-state index contributed by atoms with van der Waals surface area (Å²) in [4.78, 5) is 20.2. The van der Waals surface area contributed by atoms with Gasteiger partial charge in [-0.25, -0.2) is 9.37 Å². The number of rotatable bonds is 8. The molecule has 3 aromatic carbocycles. The number of halogens is 1. The monoisotopic (exact) mass is 486 g/mol. The fourth-order valence-corrected chi connectivity index (χ4v) is 4.46. The van der Waals surface area contributed by atoms with Crippen molar-refractivity contribution in [2.45, 2.75) is 19.9 Å². The maximum Gasteiger partial charge on any atom is 0.257 e. The summed E-state index contributed by atoms with van der Waals surface area (Å²) in [5, 5.41) is 0.877. The molecule has 0 bridgehead atoms. The van der Waals surface area contributed by atoms with Crippen LogP contribution in [-0.4, -0.2) is 42.8 Å². The summed E-state index contributed by atoms with van der Waals surface area (Å²) in [6, 6.07) is 19.9. The molecule has 0 unspecified atom stereocenters. The van der Waals surface area contributed by atoms with Gasteiger partial charge >= 0.3 is 0 Å². The standard InChI is InChI=1S/C29H27FN2O4/c1-19-8-3-4-9-22(19)28-21(14-20-15-26-27(36-18-35-26)16-25(20)31-28)17-32(12-7-13-34-2)29(33)23-10-5-6-11-24(23)30/h3-6,8-11,14-16H,7,12-13,17-18H2,1-2H3. The molecule has 5 rings (SSSR count). The summed E-state index contributed by atoms with van der Waals surface area (Å²) >= 11 is 0. The van der Waals surface area contributed by atoms with E-state index in [-0.39, 0.29) is 24.8 Å². The van der Waals surface area contributed by atoms with Gasteiger partial charge in [-0.3, -0.25) is 4.79 Å². The molecule has 0 aliphatic carbocycles. The van der Waals surface area contributed by atoms with E-state index in [1.165, 1.54) is 12.1 Å². The van der Waals surface area contributed by atoms with Gasteiger partial charge in [0.1, 0.15) is 5.82 Å². The highest BCUT2D eigenvalue weighted by Crippen LogP contribution is 2.38. The number of hydrogen-bond acceptors (Lipinski definition) is 5. The van der Waals surface area contributed by atoms with E-state index in [2.05, 4.69) is 0 Å². The quantitative estimate of drug-likeness (QED) is 0.297. The molecule has 0 saturated carbocycles. The van der Waals surface area contributed by atoms with Crippen LogP contribution in [0.2, 0.25) is 0 Å². The molecular formula is C29H27FN2O4. The topological polar surface area (TPSA) is 60.9 Å². The first kappa shape index (κ1) is 23.8. The van der Waals surface area contributed by atoms with Crippen molar-refractivity contribution < 1.29 is 23.4 Å². The van der Waals surface area contributed by atoms with E-state index in [0.717, 1.165) is 33.3 Å². The normalized spacial score (nSPS) is 12.2. The minimum absolute atomic E-state index is 0.0458. The molecule has 1 amide bonds. The number of amides is 1. The maximum absolute atomic E-state index is 14.5. The third kappa shape index (κ3) is 4.75. The van der Waals surface area contributed by atoms with Gasteiger partial charge in [-0.05, 0) is 48.7 Å². The van der Waals surface area contributed by atoms with E-state index in [1.54, 1.807) is 24.1 Å². The number of aryl methyl sites for hydroxylation is 1. The molecule has 0 radical (unpaired) electrons. The van der Waals surface area contributed by atoms with Gasteiger partial charge in [0.25, 0.3) is 5.91 Å². The van der Waals surface area contributed by atoms with Gasteiger partial charge in [-0.1, -0.05) is 36.4 Å². The van der Waals surface area contributed by atoms with Gasteiger partial charge in [0.05, 0.1) is 16.8 Å². The molecule has 36 heavy (non-hydrogen) atoms. The van der Waals surface area contributed by atoms with Crippen LogP contribution in [0.5, 0.6) is 11.5 Å². The van der Waals surface area contributed by atoms with Gasteiger partial charge in [-0.2, -0.15) is 0 Å². The van der Waals surface area contributed by atoms with Crippen LogP contribution < -0.4 is 9.47 Å². The molecule has 4 aromatic rings. The third-order valence-corrected chi connectivity index (χ3v) is 6.32. The smallest absolute Gasteiger partial charge is 0.257 e. The van der Waals surface area contributed by atoms with E-state index >= 15 is 0 Å². The summed E-state index contributed by atoms with van der Waals surface area (Å²) < 4.78 is 30.9. The lowest BCUT2D eigenvalue weighted by molar-refractivity contribution is 0.0719. The molecule has 2 heterocycles. The molecule has 1 aliphatic rings. The zero-order valence-corrected chi connectivity index (χ0v) is 20.3. The molecule has 0 atom stereocenters. The minimum Gasteiger partial charge on any atom is -0.454 e. The Morgan fingerprint density at radius 2 is 1.81 bits per heavy atom. The predicted molar refractivity (Wildman–Crippen MR) is 136 cm³/mol. The van der Waals surface area contributed by atoms with Crippen molar-refractivity contribution in [1.82, 2.24) is 9.88 Å². The van der Waals surface area contributed by atoms with Gasteiger partial charge in [0.15, 0.2) is 11.5 Å². The molecule has 0 spiro atoms. The van der Waals surface area contributed by atoms with Crippen LogP contribution >= 0.6 is 0 Å². The lowest BCUT2D eigenvalue weighted by atomic mass is 9.98. The first-order valence-corrected chi connectivity index (χ1v) is 11.9. The van der Waals surface area contributed by atoms with Crippen molar-refractivity contribution in [1.29, 1.82) is 0 Å². The molecule has 0 fully saturated rings. The largest absolute Gasteiger partial charge is 0.454 e. The van der Waals surface area contributed by atoms with Crippen LogP contribution in [0.3, 0.4) is 0 Å². The Labute approximate surface area is 209 Å². The number of benzene rings is 3. The van der Waals surface area contributed by atoms with E-state index in [1.807, 2.05) is 49.4 Å². The Kier molecular flexibility index (Phi) is 6.82. The van der Waals surface area contributed by atoms with Crippen molar-refractivity contribution in [2.24, 2.45) is 0 Å². The molecule has 1 aromatic heterocycles. The van der Waals surface area contributed by atoms with Crippen LogP contribution in [0.1, 0.15) is 27.9 Å². The average Bonchev–Trinajstić information content (AvgIpc) is 3.34. The molecule has 7 heteroatoms. The number of aromatic nitrogens is 1. The summed E-state index contributed by atoms with van der Waals surface area (Å²) in [7, 11) is 1.62. The Hall–Kier alpha value is -3.97. The second-order valence-corrected chi connectivity index (χ2v) is 8.76. The number of methoxy groups -OCH3 is 1. The highest BCUT2D eigenvalue weighted by Gasteiger charge is 2.23. The van der Waals surface area contributed by atoms with Crippen molar-refractivity contribution in [3.8, 4) is 22.8 Å².